The number of halogens is 6. The quantitative estimate of drug-likeness (QED) is 0.267. The Balaban J connectivity index is 1.92. The number of carbonyl (C=O) groups excluding carboxylic acids is 1. The number of aromatic nitrogens is 3. The Hall–Kier alpha value is -1.99. The van der Waals surface area contributed by atoms with Crippen LogP contribution in [-0.4, -0.2) is 35.9 Å². The van der Waals surface area contributed by atoms with Crippen molar-refractivity contribution >= 4 is 69.5 Å². The van der Waals surface area contributed by atoms with E-state index in [0.717, 1.165) is 38.0 Å². The number of aliphatic hydroxyl groups excluding tert-OH is 1. The fourth-order valence-corrected chi connectivity index (χ4v) is 3.73. The molecule has 0 fully saturated rings. The molecule has 3 aromatic rings. The Morgan fingerprint density at radius 1 is 1.21 bits per heavy atom. The summed E-state index contributed by atoms with van der Waals surface area (Å²) in [4.78, 5) is 25.5. The summed E-state index contributed by atoms with van der Waals surface area (Å²) in [6, 6.07) is 10.1. The van der Waals surface area contributed by atoms with Crippen molar-refractivity contribution in [3.8, 4) is 11.4 Å². The second-order valence-corrected chi connectivity index (χ2v) is 9.60. The fraction of sp³-hybridized carbons (Fsp3) is 0.190. The Bertz CT molecular complexity index is 1270. The Morgan fingerprint density at radius 3 is 2.50 bits per heavy atom. The predicted molar refractivity (Wildman–Crippen MR) is 136 cm³/mol. The van der Waals surface area contributed by atoms with Gasteiger partial charge in [-0.25, -0.2) is 14.0 Å². The van der Waals surface area contributed by atoms with Gasteiger partial charge in [0.05, 0.1) is 22.7 Å². The minimum Gasteiger partial charge on any atom is -0.394 e. The summed E-state index contributed by atoms with van der Waals surface area (Å²) in [6.45, 7) is -1.03. The summed E-state index contributed by atoms with van der Waals surface area (Å²) in [6.07, 6.45) is 1.42. The second kappa shape index (κ2) is 11.2. The fourth-order valence-electron chi connectivity index (χ4n) is 3.00. The number of carbonyl (C=O) groups is 1. The molecule has 0 radical (unpaired) electrons. The Labute approximate surface area is 221 Å². The number of alkyl halides is 3. The van der Waals surface area contributed by atoms with Crippen LogP contribution in [0.2, 0.25) is 15.1 Å². The average molecular weight is 644 g/mol. The SMILES string of the molecule is O=C(Cn1nc(-c2ccc(Cl)cc2)n(C=CC(F)(F)I)c1=O)NC(CO)c1cccc(Cl)c1Cl. The van der Waals surface area contributed by atoms with Gasteiger partial charge in [-0.15, -0.1) is 5.10 Å². The average Bonchev–Trinajstić information content (AvgIpc) is 3.08. The van der Waals surface area contributed by atoms with Gasteiger partial charge in [0.1, 0.15) is 6.54 Å². The maximum Gasteiger partial charge on any atom is 0.350 e. The topological polar surface area (TPSA) is 89.2 Å². The van der Waals surface area contributed by atoms with E-state index < -0.39 is 34.7 Å². The van der Waals surface area contributed by atoms with E-state index in [4.69, 9.17) is 34.8 Å². The monoisotopic (exact) mass is 642 g/mol. The lowest BCUT2D eigenvalue weighted by Crippen LogP contribution is -2.36. The van der Waals surface area contributed by atoms with Crippen molar-refractivity contribution in [2.75, 3.05) is 6.61 Å². The molecule has 0 aliphatic carbocycles. The van der Waals surface area contributed by atoms with E-state index >= 15 is 0 Å². The van der Waals surface area contributed by atoms with E-state index in [0.29, 0.717) is 22.2 Å². The molecule has 0 aliphatic rings. The maximum atomic E-state index is 13.4. The zero-order valence-corrected chi connectivity index (χ0v) is 21.5. The van der Waals surface area contributed by atoms with Gasteiger partial charge in [-0.2, -0.15) is 8.78 Å². The van der Waals surface area contributed by atoms with Crippen LogP contribution in [0.25, 0.3) is 17.6 Å². The molecule has 34 heavy (non-hydrogen) atoms. The van der Waals surface area contributed by atoms with Crippen LogP contribution in [0.3, 0.4) is 0 Å². The molecule has 13 heteroatoms. The number of nitrogens with zero attached hydrogens (tertiary/aromatic N) is 3. The molecule has 7 nitrogen and oxygen atoms in total. The maximum absolute atomic E-state index is 13.4. The molecule has 3 rings (SSSR count). The first kappa shape index (κ1) is 26.6. The highest BCUT2D eigenvalue weighted by atomic mass is 127. The number of aliphatic hydroxyl groups is 1. The molecule has 2 N–H and O–H groups in total. The summed E-state index contributed by atoms with van der Waals surface area (Å²) in [5, 5.41) is 17.3. The normalized spacial score (nSPS) is 12.8. The van der Waals surface area contributed by atoms with Crippen LogP contribution < -0.4 is 11.0 Å². The van der Waals surface area contributed by atoms with Gasteiger partial charge in [0.2, 0.25) is 5.91 Å². The van der Waals surface area contributed by atoms with Crippen molar-refractivity contribution in [2.24, 2.45) is 0 Å². The van der Waals surface area contributed by atoms with Crippen molar-refractivity contribution in [1.82, 2.24) is 19.7 Å². The molecule has 0 aliphatic heterocycles. The Kier molecular flexibility index (Phi) is 8.74. The second-order valence-electron chi connectivity index (χ2n) is 6.94. The molecule has 1 aromatic heterocycles. The van der Waals surface area contributed by atoms with Gasteiger partial charge in [0.15, 0.2) is 5.82 Å². The van der Waals surface area contributed by atoms with Crippen LogP contribution in [0, 0.1) is 0 Å². The van der Waals surface area contributed by atoms with E-state index in [9.17, 15) is 23.5 Å². The molecular formula is C21H16Cl3F2IN4O3. The molecule has 2 aromatic carbocycles. The van der Waals surface area contributed by atoms with E-state index in [1.165, 1.54) is 0 Å². The third kappa shape index (κ3) is 6.57. The van der Waals surface area contributed by atoms with Gasteiger partial charge >= 0.3 is 9.62 Å². The number of hydrogen-bond acceptors (Lipinski definition) is 4. The number of nitrogens with one attached hydrogen (secondary N) is 1. The number of hydrogen-bond donors (Lipinski definition) is 2. The zero-order valence-electron chi connectivity index (χ0n) is 17.1. The molecule has 1 amide bonds. The smallest absolute Gasteiger partial charge is 0.350 e. The molecule has 0 bridgehead atoms. The summed E-state index contributed by atoms with van der Waals surface area (Å²) >= 11 is 19.0. The van der Waals surface area contributed by atoms with Crippen LogP contribution in [0.15, 0.2) is 53.3 Å². The first-order valence-electron chi connectivity index (χ1n) is 9.55. The van der Waals surface area contributed by atoms with Crippen LogP contribution in [0.1, 0.15) is 11.6 Å². The largest absolute Gasteiger partial charge is 0.394 e. The first-order chi connectivity index (χ1) is 16.0. The van der Waals surface area contributed by atoms with E-state index in [1.807, 2.05) is 0 Å². The van der Waals surface area contributed by atoms with Gasteiger partial charge in [0, 0.05) is 45.5 Å². The molecule has 0 spiro atoms. The highest BCUT2D eigenvalue weighted by Crippen LogP contribution is 2.30. The van der Waals surface area contributed by atoms with Crippen molar-refractivity contribution in [2.45, 2.75) is 16.5 Å². The minimum atomic E-state index is -3.21. The van der Waals surface area contributed by atoms with E-state index in [1.54, 1.807) is 42.5 Å². The van der Waals surface area contributed by atoms with Crippen LogP contribution in [-0.2, 0) is 11.3 Å². The lowest BCUT2D eigenvalue weighted by atomic mass is 10.1. The third-order valence-corrected chi connectivity index (χ3v) is 6.00. The van der Waals surface area contributed by atoms with Crippen molar-refractivity contribution in [1.29, 1.82) is 0 Å². The van der Waals surface area contributed by atoms with Gasteiger partial charge in [0.25, 0.3) is 0 Å². The molecule has 1 unspecified atom stereocenters. The minimum absolute atomic E-state index is 0.0305. The number of benzene rings is 2. The molecular weight excluding hydrogens is 628 g/mol. The lowest BCUT2D eigenvalue weighted by molar-refractivity contribution is -0.123. The Morgan fingerprint density at radius 2 is 1.88 bits per heavy atom. The molecule has 1 atom stereocenters. The molecule has 180 valence electrons. The number of allylic oxidation sites excluding steroid dienone is 1. The van der Waals surface area contributed by atoms with Gasteiger partial charge in [-0.1, -0.05) is 46.9 Å². The summed E-state index contributed by atoms with van der Waals surface area (Å²) < 4.78 is 25.3. The van der Waals surface area contributed by atoms with E-state index in [2.05, 4.69) is 10.4 Å². The lowest BCUT2D eigenvalue weighted by Gasteiger charge is -2.18. The standard InChI is InChI=1S/C21H16Cl3F2IN4O3/c22-13-6-4-12(5-7-13)19-29-31(20(34)30(19)9-8-21(25,26)27)10-17(33)28-16(11-32)14-2-1-3-15(23)18(14)24/h1-9,16,32H,10-11H2,(H,28,33). The summed E-state index contributed by atoms with van der Waals surface area (Å²) in [5.41, 5.74) is -0.0173. The molecule has 1 heterocycles. The van der Waals surface area contributed by atoms with Gasteiger partial charge in [-0.3, -0.25) is 4.79 Å². The zero-order chi connectivity index (χ0) is 25.0. The predicted octanol–water partition coefficient (Wildman–Crippen LogP) is 5.02. The molecule has 0 saturated carbocycles. The van der Waals surface area contributed by atoms with E-state index in [-0.39, 0.29) is 15.9 Å². The number of rotatable bonds is 8. The molecule has 0 saturated heterocycles. The van der Waals surface area contributed by atoms with Gasteiger partial charge < -0.3 is 10.4 Å². The van der Waals surface area contributed by atoms with Crippen molar-refractivity contribution in [3.05, 3.63) is 79.7 Å². The van der Waals surface area contributed by atoms with Crippen LogP contribution in [0.4, 0.5) is 8.78 Å². The van der Waals surface area contributed by atoms with Crippen molar-refractivity contribution in [3.63, 3.8) is 0 Å². The van der Waals surface area contributed by atoms with Crippen molar-refractivity contribution < 1.29 is 18.7 Å². The summed E-state index contributed by atoms with van der Waals surface area (Å²) in [7, 11) is 0. The van der Waals surface area contributed by atoms with Crippen LogP contribution in [0.5, 0.6) is 0 Å². The summed E-state index contributed by atoms with van der Waals surface area (Å²) in [5.74, 6) is -0.643. The van der Waals surface area contributed by atoms with Gasteiger partial charge in [-0.05, 0) is 35.9 Å². The van der Waals surface area contributed by atoms with Crippen LogP contribution >= 0.6 is 57.4 Å². The highest BCUT2D eigenvalue weighted by molar-refractivity contribution is 14.1. The third-order valence-electron chi connectivity index (χ3n) is 4.55. The highest BCUT2D eigenvalue weighted by Gasteiger charge is 2.22. The number of amides is 1. The first-order valence-corrected chi connectivity index (χ1v) is 11.8.